The molecule has 0 bridgehead atoms. The van der Waals surface area contributed by atoms with E-state index in [2.05, 4.69) is 25.8 Å². The summed E-state index contributed by atoms with van der Waals surface area (Å²) in [6.07, 6.45) is 0.642. The third-order valence-electron chi connectivity index (χ3n) is 3.10. The number of anilines is 1. The van der Waals surface area contributed by atoms with Crippen LogP contribution in [0.1, 0.15) is 17.7 Å². The molecular weight excluding hydrogens is 286 g/mol. The molecule has 118 valence electrons. The summed E-state index contributed by atoms with van der Waals surface area (Å²) in [4.78, 5) is 27.9. The van der Waals surface area contributed by atoms with Gasteiger partial charge in [-0.3, -0.25) is 14.7 Å². The minimum atomic E-state index is -0.759. The van der Waals surface area contributed by atoms with Crippen LogP contribution >= 0.6 is 0 Å². The summed E-state index contributed by atoms with van der Waals surface area (Å²) in [6, 6.07) is 1.89. The molecule has 2 amide bonds. The van der Waals surface area contributed by atoms with Gasteiger partial charge in [0, 0.05) is 26.0 Å². The number of pyridine rings is 1. The number of aromatic nitrogens is 3. The van der Waals surface area contributed by atoms with Gasteiger partial charge in [0.15, 0.2) is 11.5 Å². The quantitative estimate of drug-likeness (QED) is 0.555. The molecule has 0 saturated carbocycles. The van der Waals surface area contributed by atoms with Gasteiger partial charge >= 0.3 is 11.8 Å². The lowest BCUT2D eigenvalue weighted by Crippen LogP contribution is -2.36. The van der Waals surface area contributed by atoms with E-state index in [9.17, 15) is 9.59 Å². The van der Waals surface area contributed by atoms with Crippen LogP contribution in [0.15, 0.2) is 6.07 Å². The van der Waals surface area contributed by atoms with E-state index < -0.39 is 11.8 Å². The first kappa shape index (κ1) is 15.9. The highest BCUT2D eigenvalue weighted by Gasteiger charge is 2.17. The zero-order valence-electron chi connectivity index (χ0n) is 12.8. The number of carbonyl (C=O) groups excluding carboxylic acids is 2. The summed E-state index contributed by atoms with van der Waals surface area (Å²) in [5.74, 6) is -1.16. The van der Waals surface area contributed by atoms with E-state index in [-0.39, 0.29) is 0 Å². The molecule has 0 radical (unpaired) electrons. The van der Waals surface area contributed by atoms with Gasteiger partial charge in [-0.1, -0.05) is 0 Å². The second-order valence-corrected chi connectivity index (χ2v) is 4.93. The first-order valence-corrected chi connectivity index (χ1v) is 6.93. The Labute approximate surface area is 127 Å². The van der Waals surface area contributed by atoms with E-state index in [0.717, 1.165) is 11.3 Å². The molecule has 0 aliphatic carbocycles. The minimum absolute atomic E-state index is 0.303. The fourth-order valence-electron chi connectivity index (χ4n) is 2.13. The number of methoxy groups -OCH3 is 1. The summed E-state index contributed by atoms with van der Waals surface area (Å²) in [5.41, 5.74) is 2.35. The third kappa shape index (κ3) is 3.59. The molecule has 3 N–H and O–H groups in total. The summed E-state index contributed by atoms with van der Waals surface area (Å²) in [5, 5.41) is 12.5. The lowest BCUT2D eigenvalue weighted by Gasteiger charge is -2.05. The molecule has 2 aromatic heterocycles. The Kier molecular flexibility index (Phi) is 5.05. The third-order valence-corrected chi connectivity index (χ3v) is 3.10. The number of amides is 2. The van der Waals surface area contributed by atoms with Crippen molar-refractivity contribution in [2.45, 2.75) is 20.3 Å². The second-order valence-electron chi connectivity index (χ2n) is 4.93. The Hall–Kier alpha value is -2.48. The molecule has 0 unspecified atom stereocenters. The summed E-state index contributed by atoms with van der Waals surface area (Å²) >= 11 is 0. The number of ether oxygens (including phenoxy) is 1. The second kappa shape index (κ2) is 6.99. The van der Waals surface area contributed by atoms with Crippen LogP contribution in [-0.2, 0) is 14.3 Å². The maximum atomic E-state index is 11.9. The number of rotatable bonds is 5. The van der Waals surface area contributed by atoms with E-state index in [1.54, 1.807) is 7.11 Å². The first-order chi connectivity index (χ1) is 10.5. The first-order valence-electron chi connectivity index (χ1n) is 6.93. The van der Waals surface area contributed by atoms with Crippen molar-refractivity contribution < 1.29 is 14.3 Å². The number of carbonyl (C=O) groups is 2. The molecule has 0 atom stereocenters. The van der Waals surface area contributed by atoms with Gasteiger partial charge < -0.3 is 15.4 Å². The van der Waals surface area contributed by atoms with Gasteiger partial charge in [0.1, 0.15) is 0 Å². The van der Waals surface area contributed by atoms with Crippen LogP contribution in [0.4, 0.5) is 5.82 Å². The smallest absolute Gasteiger partial charge is 0.314 e. The normalized spacial score (nSPS) is 10.7. The molecule has 0 aliphatic rings. The van der Waals surface area contributed by atoms with E-state index >= 15 is 0 Å². The van der Waals surface area contributed by atoms with Crippen LogP contribution in [0.3, 0.4) is 0 Å². The molecule has 0 aromatic carbocycles. The average Bonchev–Trinajstić information content (AvgIpc) is 2.86. The molecule has 0 fully saturated rings. The number of aromatic amines is 1. The molecule has 8 heteroatoms. The molecule has 0 saturated heterocycles. The maximum absolute atomic E-state index is 11.9. The van der Waals surface area contributed by atoms with Gasteiger partial charge in [0.05, 0.1) is 5.39 Å². The molecule has 2 aromatic rings. The standard InChI is InChI=1S/C14H19N5O3/c1-8-7-9(2)16-11-10(8)12(19-18-11)17-14(21)13(20)15-5-4-6-22-3/h7H,4-6H2,1-3H3,(H,15,20)(H2,16,17,18,19,21). The molecule has 0 aliphatic heterocycles. The van der Waals surface area contributed by atoms with Crippen LogP contribution in [0.25, 0.3) is 11.0 Å². The van der Waals surface area contributed by atoms with Crippen LogP contribution in [0.5, 0.6) is 0 Å². The molecule has 2 rings (SSSR count). The number of nitrogens with zero attached hydrogens (tertiary/aromatic N) is 2. The largest absolute Gasteiger partial charge is 0.385 e. The predicted molar refractivity (Wildman–Crippen MR) is 81.5 cm³/mol. The molecule has 2 heterocycles. The van der Waals surface area contributed by atoms with Crippen LogP contribution < -0.4 is 10.6 Å². The minimum Gasteiger partial charge on any atom is -0.385 e. The van der Waals surface area contributed by atoms with Crippen molar-refractivity contribution in [1.82, 2.24) is 20.5 Å². The van der Waals surface area contributed by atoms with Gasteiger partial charge in [-0.15, -0.1) is 0 Å². The highest BCUT2D eigenvalue weighted by Crippen LogP contribution is 2.23. The number of hydrogen-bond donors (Lipinski definition) is 3. The van der Waals surface area contributed by atoms with Crippen molar-refractivity contribution in [3.8, 4) is 0 Å². The molecule has 8 nitrogen and oxygen atoms in total. The Morgan fingerprint density at radius 3 is 2.82 bits per heavy atom. The van der Waals surface area contributed by atoms with E-state index in [1.165, 1.54) is 0 Å². The number of nitrogens with one attached hydrogen (secondary N) is 3. The SMILES string of the molecule is COCCCNC(=O)C(=O)Nc1n[nH]c2nc(C)cc(C)c12. The molecule has 22 heavy (non-hydrogen) atoms. The highest BCUT2D eigenvalue weighted by atomic mass is 16.5. The van der Waals surface area contributed by atoms with Gasteiger partial charge in [0.2, 0.25) is 0 Å². The summed E-state index contributed by atoms with van der Waals surface area (Å²) in [6.45, 7) is 4.67. The summed E-state index contributed by atoms with van der Waals surface area (Å²) < 4.78 is 4.87. The number of fused-ring (bicyclic) bond motifs is 1. The van der Waals surface area contributed by atoms with Crippen molar-refractivity contribution in [2.75, 3.05) is 25.6 Å². The van der Waals surface area contributed by atoms with Crippen LogP contribution in [0, 0.1) is 13.8 Å². The number of aryl methyl sites for hydroxylation is 2. The lowest BCUT2D eigenvalue weighted by atomic mass is 10.2. The van der Waals surface area contributed by atoms with Crippen LogP contribution in [0.2, 0.25) is 0 Å². The van der Waals surface area contributed by atoms with Gasteiger partial charge in [-0.05, 0) is 31.9 Å². The predicted octanol–water partition coefficient (Wildman–Crippen LogP) is 0.666. The Morgan fingerprint density at radius 2 is 2.09 bits per heavy atom. The monoisotopic (exact) mass is 305 g/mol. The Balaban J connectivity index is 2.04. The maximum Gasteiger partial charge on any atom is 0.314 e. The van der Waals surface area contributed by atoms with Crippen molar-refractivity contribution in [2.24, 2.45) is 0 Å². The Morgan fingerprint density at radius 1 is 1.32 bits per heavy atom. The lowest BCUT2D eigenvalue weighted by molar-refractivity contribution is -0.136. The van der Waals surface area contributed by atoms with Crippen molar-refractivity contribution in [3.05, 3.63) is 17.3 Å². The highest BCUT2D eigenvalue weighted by molar-refractivity contribution is 6.40. The topological polar surface area (TPSA) is 109 Å². The Bertz CT molecular complexity index is 695. The number of H-pyrrole nitrogens is 1. The molecule has 0 spiro atoms. The van der Waals surface area contributed by atoms with E-state index in [0.29, 0.717) is 36.4 Å². The molecular formula is C14H19N5O3. The zero-order valence-corrected chi connectivity index (χ0v) is 12.8. The summed E-state index contributed by atoms with van der Waals surface area (Å²) in [7, 11) is 1.58. The van der Waals surface area contributed by atoms with Crippen LogP contribution in [-0.4, -0.2) is 47.3 Å². The van der Waals surface area contributed by atoms with Crippen molar-refractivity contribution >= 4 is 28.7 Å². The van der Waals surface area contributed by atoms with Gasteiger partial charge in [0.25, 0.3) is 0 Å². The number of hydrogen-bond acceptors (Lipinski definition) is 5. The fraction of sp³-hybridized carbons (Fsp3) is 0.429. The van der Waals surface area contributed by atoms with E-state index in [4.69, 9.17) is 4.74 Å². The zero-order chi connectivity index (χ0) is 16.1. The van der Waals surface area contributed by atoms with Crippen molar-refractivity contribution in [3.63, 3.8) is 0 Å². The van der Waals surface area contributed by atoms with Crippen molar-refractivity contribution in [1.29, 1.82) is 0 Å². The van der Waals surface area contributed by atoms with E-state index in [1.807, 2.05) is 19.9 Å². The fourth-order valence-corrected chi connectivity index (χ4v) is 2.13. The van der Waals surface area contributed by atoms with Gasteiger partial charge in [-0.25, -0.2) is 4.98 Å². The van der Waals surface area contributed by atoms with Gasteiger partial charge in [-0.2, -0.15) is 5.10 Å². The average molecular weight is 305 g/mol.